The fraction of sp³-hybridized carbons (Fsp3) is 0.435. The summed E-state index contributed by atoms with van der Waals surface area (Å²) in [6.45, 7) is 1.48. The van der Waals surface area contributed by atoms with Gasteiger partial charge in [0, 0.05) is 24.6 Å². The summed E-state index contributed by atoms with van der Waals surface area (Å²) in [5.41, 5.74) is 0.727. The molecule has 0 unspecified atom stereocenters. The second-order valence-electron chi connectivity index (χ2n) is 7.85. The molecule has 0 radical (unpaired) electrons. The van der Waals surface area contributed by atoms with Gasteiger partial charge in [-0.3, -0.25) is 0 Å². The third-order valence-corrected chi connectivity index (χ3v) is 5.76. The summed E-state index contributed by atoms with van der Waals surface area (Å²) in [4.78, 5) is 13.0. The van der Waals surface area contributed by atoms with Crippen LogP contribution in [0.25, 0.3) is 0 Å². The molecule has 1 saturated heterocycles. The van der Waals surface area contributed by atoms with Crippen molar-refractivity contribution in [3.63, 3.8) is 0 Å². The van der Waals surface area contributed by atoms with Crippen molar-refractivity contribution < 1.29 is 36.6 Å². The summed E-state index contributed by atoms with van der Waals surface area (Å²) in [6.07, 6.45) is -7.03. The van der Waals surface area contributed by atoms with Crippen molar-refractivity contribution in [3.05, 3.63) is 65.2 Å². The number of alkyl halides is 5. The van der Waals surface area contributed by atoms with E-state index in [2.05, 4.69) is 0 Å². The Morgan fingerprint density at radius 3 is 2.19 bits per heavy atom. The summed E-state index contributed by atoms with van der Waals surface area (Å²) >= 11 is 0. The molecular formula is C23H24F5NO3. The van der Waals surface area contributed by atoms with Gasteiger partial charge in [0.25, 0.3) is 0 Å². The van der Waals surface area contributed by atoms with Crippen LogP contribution in [0.5, 0.6) is 0 Å². The number of carbonyl (C=O) groups is 1. The van der Waals surface area contributed by atoms with Crippen LogP contribution in [-0.2, 0) is 10.9 Å². The Balaban J connectivity index is 1.83. The average Bonchev–Trinajstić information content (AvgIpc) is 2.77. The third-order valence-electron chi connectivity index (χ3n) is 5.76. The van der Waals surface area contributed by atoms with Crippen molar-refractivity contribution >= 4 is 11.7 Å². The summed E-state index contributed by atoms with van der Waals surface area (Å²) in [5.74, 6) is -1.19. The molecule has 1 aliphatic heterocycles. The predicted molar refractivity (Wildman–Crippen MR) is 109 cm³/mol. The van der Waals surface area contributed by atoms with Crippen molar-refractivity contribution in [1.82, 2.24) is 0 Å². The van der Waals surface area contributed by atoms with Gasteiger partial charge in [0.05, 0.1) is 23.8 Å². The van der Waals surface area contributed by atoms with E-state index in [1.807, 2.05) is 4.90 Å². The minimum atomic E-state index is -4.42. The number of aromatic carboxylic acids is 1. The highest BCUT2D eigenvalue weighted by Gasteiger charge is 2.35. The number of carboxylic acid groups (broad SMARTS) is 1. The maximum Gasteiger partial charge on any atom is 0.416 e. The predicted octanol–water partition coefficient (Wildman–Crippen LogP) is 6.18. The quantitative estimate of drug-likeness (QED) is 0.505. The molecule has 1 aliphatic rings. The van der Waals surface area contributed by atoms with Gasteiger partial charge in [0.1, 0.15) is 0 Å². The van der Waals surface area contributed by atoms with Gasteiger partial charge in [-0.15, -0.1) is 0 Å². The van der Waals surface area contributed by atoms with Crippen LogP contribution in [0.3, 0.4) is 0 Å². The minimum absolute atomic E-state index is 0.0929. The monoisotopic (exact) mass is 457 g/mol. The fourth-order valence-electron chi connectivity index (χ4n) is 3.85. The van der Waals surface area contributed by atoms with Crippen LogP contribution in [0.15, 0.2) is 48.5 Å². The molecule has 0 spiro atoms. The molecule has 1 N–H and O–H groups in total. The van der Waals surface area contributed by atoms with Crippen molar-refractivity contribution in [2.24, 2.45) is 0 Å². The molecule has 2 aromatic carbocycles. The summed E-state index contributed by atoms with van der Waals surface area (Å²) < 4.78 is 70.8. The normalized spacial score (nSPS) is 19.8. The third kappa shape index (κ3) is 5.76. The Hall–Kier alpha value is -2.68. The zero-order valence-corrected chi connectivity index (χ0v) is 17.4. The highest BCUT2D eigenvalue weighted by molar-refractivity contribution is 5.88. The number of halogens is 5. The average molecular weight is 457 g/mol. The van der Waals surface area contributed by atoms with Gasteiger partial charge in [-0.2, -0.15) is 22.0 Å². The lowest BCUT2D eigenvalue weighted by Crippen LogP contribution is -2.46. The fourth-order valence-corrected chi connectivity index (χ4v) is 3.85. The SMILES string of the molecule is CCC(F)(F)OC[C@H]1CC[C@@H](c2ccc(C(F)(F)F)cc2)CN1c1ccc(C(=O)O)cc1. The smallest absolute Gasteiger partial charge is 0.416 e. The zero-order chi connectivity index (χ0) is 23.5. The molecule has 1 heterocycles. The van der Waals surface area contributed by atoms with E-state index in [4.69, 9.17) is 9.84 Å². The zero-order valence-electron chi connectivity index (χ0n) is 17.4. The van der Waals surface area contributed by atoms with Crippen LogP contribution in [0.1, 0.15) is 53.6 Å². The van der Waals surface area contributed by atoms with Crippen LogP contribution in [0.4, 0.5) is 27.6 Å². The Morgan fingerprint density at radius 2 is 1.66 bits per heavy atom. The molecular weight excluding hydrogens is 433 g/mol. The molecule has 0 amide bonds. The molecule has 0 aromatic heterocycles. The molecule has 4 nitrogen and oxygen atoms in total. The Labute approximate surface area is 182 Å². The number of anilines is 1. The Bertz CT molecular complexity index is 913. The number of benzene rings is 2. The molecule has 3 rings (SSSR count). The second-order valence-corrected chi connectivity index (χ2v) is 7.85. The van der Waals surface area contributed by atoms with Crippen LogP contribution < -0.4 is 4.90 Å². The van der Waals surface area contributed by atoms with Crippen LogP contribution in [0, 0.1) is 0 Å². The highest BCUT2D eigenvalue weighted by Crippen LogP contribution is 2.36. The summed E-state index contributed by atoms with van der Waals surface area (Å²) in [5, 5.41) is 9.11. The van der Waals surface area contributed by atoms with Crippen LogP contribution >= 0.6 is 0 Å². The first kappa shape index (κ1) is 24.0. The van der Waals surface area contributed by atoms with E-state index in [1.165, 1.54) is 31.2 Å². The molecule has 32 heavy (non-hydrogen) atoms. The van der Waals surface area contributed by atoms with Gasteiger partial charge >= 0.3 is 18.3 Å². The van der Waals surface area contributed by atoms with Crippen LogP contribution in [-0.4, -0.2) is 36.4 Å². The number of ether oxygens (including phenoxy) is 1. The maximum absolute atomic E-state index is 13.7. The number of rotatable bonds is 7. The van der Waals surface area contributed by atoms with E-state index in [1.54, 1.807) is 12.1 Å². The first-order chi connectivity index (χ1) is 15.0. The minimum Gasteiger partial charge on any atom is -0.478 e. The summed E-state index contributed by atoms with van der Waals surface area (Å²) in [6, 6.07) is 10.6. The van der Waals surface area contributed by atoms with Crippen molar-refractivity contribution in [1.29, 1.82) is 0 Å². The molecule has 174 valence electrons. The lowest BCUT2D eigenvalue weighted by Gasteiger charge is -2.42. The van der Waals surface area contributed by atoms with E-state index >= 15 is 0 Å². The first-order valence-electron chi connectivity index (χ1n) is 10.3. The van der Waals surface area contributed by atoms with Crippen molar-refractivity contribution in [2.75, 3.05) is 18.1 Å². The summed E-state index contributed by atoms with van der Waals surface area (Å²) in [7, 11) is 0. The van der Waals surface area contributed by atoms with Crippen LogP contribution in [0.2, 0.25) is 0 Å². The number of carboxylic acids is 1. The van der Waals surface area contributed by atoms with Crippen molar-refractivity contribution in [2.45, 2.75) is 50.4 Å². The van der Waals surface area contributed by atoms with Gasteiger partial charge in [-0.1, -0.05) is 19.1 Å². The molecule has 0 saturated carbocycles. The van der Waals surface area contributed by atoms with Gasteiger partial charge in [0.2, 0.25) is 0 Å². The van der Waals surface area contributed by atoms with Gasteiger partial charge in [-0.25, -0.2) is 4.79 Å². The first-order valence-corrected chi connectivity index (χ1v) is 10.3. The molecule has 2 aromatic rings. The standard InChI is InChI=1S/C23H24F5NO3/c1-2-22(24,25)32-14-20-12-7-17(15-3-8-18(9-4-15)23(26,27)28)13-29(20)19-10-5-16(6-11-19)21(30)31/h3-6,8-11,17,20H,2,7,12-14H2,1H3,(H,30,31)/t17-,20-/m1/s1. The molecule has 9 heteroatoms. The maximum atomic E-state index is 13.7. The van der Waals surface area contributed by atoms with Gasteiger partial charge in [-0.05, 0) is 54.8 Å². The lowest BCUT2D eigenvalue weighted by atomic mass is 9.86. The van der Waals surface area contributed by atoms with E-state index in [9.17, 15) is 26.7 Å². The molecule has 0 aliphatic carbocycles. The Kier molecular flexibility index (Phi) is 7.07. The number of hydrogen-bond acceptors (Lipinski definition) is 3. The Morgan fingerprint density at radius 1 is 1.03 bits per heavy atom. The number of hydrogen-bond donors (Lipinski definition) is 1. The number of piperidine rings is 1. The van der Waals surface area contributed by atoms with Crippen molar-refractivity contribution in [3.8, 4) is 0 Å². The second kappa shape index (κ2) is 9.44. The molecule has 1 fully saturated rings. The molecule has 0 bridgehead atoms. The van der Waals surface area contributed by atoms with E-state index in [0.29, 0.717) is 25.1 Å². The largest absolute Gasteiger partial charge is 0.478 e. The van der Waals surface area contributed by atoms with E-state index in [-0.39, 0.29) is 24.1 Å². The lowest BCUT2D eigenvalue weighted by molar-refractivity contribution is -0.241. The van der Waals surface area contributed by atoms with Gasteiger partial charge < -0.3 is 14.7 Å². The number of nitrogens with zero attached hydrogens (tertiary/aromatic N) is 1. The topological polar surface area (TPSA) is 49.8 Å². The van der Waals surface area contributed by atoms with Gasteiger partial charge in [0.15, 0.2) is 0 Å². The van der Waals surface area contributed by atoms with E-state index < -0.39 is 30.2 Å². The molecule has 2 atom stereocenters. The van der Waals surface area contributed by atoms with E-state index in [0.717, 1.165) is 17.7 Å². The highest BCUT2D eigenvalue weighted by atomic mass is 19.4.